The molecule has 0 aliphatic heterocycles. The van der Waals surface area contributed by atoms with Gasteiger partial charge in [0.05, 0.1) is 9.79 Å². The maximum Gasteiger partial charge on any atom is 0.294 e. The van der Waals surface area contributed by atoms with Crippen LogP contribution in [-0.2, 0) is 20.2 Å². The topological polar surface area (TPSA) is 155 Å². The van der Waals surface area contributed by atoms with Crippen molar-refractivity contribution in [3.8, 4) is 5.75 Å². The van der Waals surface area contributed by atoms with Crippen LogP contribution >= 0.6 is 0 Å². The van der Waals surface area contributed by atoms with E-state index in [-0.39, 0.29) is 135 Å². The minimum atomic E-state index is -4.59. The molecular weight excluding hydrogens is 402 g/mol. The Morgan fingerprint density at radius 3 is 1.50 bits per heavy atom. The molecule has 0 fully saturated rings. The van der Waals surface area contributed by atoms with E-state index < -0.39 is 35.8 Å². The SMILES string of the molecule is Nc1cc(S(=O)(=O)O)cc2cc(S(=O)(=O)O)cc(O)c12.[Na].[Na].[Na].[Na]. The van der Waals surface area contributed by atoms with Gasteiger partial charge in [0.2, 0.25) is 0 Å². The van der Waals surface area contributed by atoms with Gasteiger partial charge in [-0.15, -0.1) is 0 Å². The first-order valence-corrected chi connectivity index (χ1v) is 7.89. The molecule has 14 heteroatoms. The molecule has 0 saturated carbocycles. The molecule has 112 valence electrons. The molecule has 0 aliphatic carbocycles. The van der Waals surface area contributed by atoms with E-state index in [0.29, 0.717) is 0 Å². The maximum absolute atomic E-state index is 11.1. The zero-order valence-corrected chi connectivity index (χ0v) is 23.3. The molecule has 8 nitrogen and oxygen atoms in total. The second-order valence-electron chi connectivity index (χ2n) is 4.00. The zero-order chi connectivity index (χ0) is 15.3. The molecule has 0 heterocycles. The van der Waals surface area contributed by atoms with Gasteiger partial charge in [0.25, 0.3) is 20.2 Å². The first kappa shape index (κ1) is 30.8. The Labute approximate surface area is 227 Å². The fourth-order valence-electron chi connectivity index (χ4n) is 1.77. The van der Waals surface area contributed by atoms with Crippen LogP contribution in [0.15, 0.2) is 34.1 Å². The molecule has 5 N–H and O–H groups in total. The number of benzene rings is 2. The number of nitrogens with two attached hydrogens (primary N) is 1. The van der Waals surface area contributed by atoms with E-state index in [4.69, 9.17) is 14.8 Å². The van der Waals surface area contributed by atoms with Crippen LogP contribution in [0.25, 0.3) is 10.8 Å². The second-order valence-corrected chi connectivity index (χ2v) is 6.85. The third-order valence-corrected chi connectivity index (χ3v) is 4.26. The number of nitrogen functional groups attached to an aromatic ring is 1. The normalized spacial score (nSPS) is 10.6. The second kappa shape index (κ2) is 11.2. The molecule has 2 aromatic carbocycles. The van der Waals surface area contributed by atoms with Crippen LogP contribution in [0.4, 0.5) is 5.69 Å². The number of phenols is 1. The van der Waals surface area contributed by atoms with Gasteiger partial charge in [-0.2, -0.15) is 16.8 Å². The molecule has 0 spiro atoms. The van der Waals surface area contributed by atoms with E-state index in [1.165, 1.54) is 0 Å². The van der Waals surface area contributed by atoms with E-state index in [1.807, 2.05) is 0 Å². The van der Waals surface area contributed by atoms with E-state index in [9.17, 15) is 21.9 Å². The zero-order valence-electron chi connectivity index (χ0n) is 13.7. The molecule has 0 bridgehead atoms. The summed E-state index contributed by atoms with van der Waals surface area (Å²) >= 11 is 0. The first-order chi connectivity index (χ1) is 9.00. The Hall–Kier alpha value is 2.12. The first-order valence-electron chi connectivity index (χ1n) is 5.01. The fraction of sp³-hybridized carbons (Fsp3) is 0. The van der Waals surface area contributed by atoms with Crippen LogP contribution in [0.2, 0.25) is 0 Å². The summed E-state index contributed by atoms with van der Waals surface area (Å²) in [4.78, 5) is -1.19. The minimum Gasteiger partial charge on any atom is -0.507 e. The largest absolute Gasteiger partial charge is 0.507 e. The fourth-order valence-corrected chi connectivity index (χ4v) is 2.86. The molecule has 0 atom stereocenters. The molecular formula is C10H9NNa4O7S2. The Morgan fingerprint density at radius 1 is 0.750 bits per heavy atom. The van der Waals surface area contributed by atoms with Crippen molar-refractivity contribution in [2.24, 2.45) is 0 Å². The van der Waals surface area contributed by atoms with E-state index in [0.717, 1.165) is 24.3 Å². The molecule has 0 aromatic heterocycles. The number of phenolic OH excluding ortho intramolecular Hbond substituents is 1. The molecule has 2 rings (SSSR count). The number of hydrogen-bond acceptors (Lipinski definition) is 6. The van der Waals surface area contributed by atoms with Gasteiger partial charge in [-0.1, -0.05) is 0 Å². The van der Waals surface area contributed by atoms with Crippen LogP contribution in [0, 0.1) is 0 Å². The number of fused-ring (bicyclic) bond motifs is 1. The van der Waals surface area contributed by atoms with Crippen LogP contribution in [0.1, 0.15) is 0 Å². The van der Waals surface area contributed by atoms with E-state index in [2.05, 4.69) is 0 Å². The molecule has 0 unspecified atom stereocenters. The average Bonchev–Trinajstić information content (AvgIpc) is 2.25. The van der Waals surface area contributed by atoms with E-state index in [1.54, 1.807) is 0 Å². The average molecular weight is 411 g/mol. The van der Waals surface area contributed by atoms with Gasteiger partial charge in [-0.05, 0) is 23.6 Å². The van der Waals surface area contributed by atoms with E-state index >= 15 is 0 Å². The quantitative estimate of drug-likeness (QED) is 0.282. The van der Waals surface area contributed by atoms with Crippen LogP contribution in [0.3, 0.4) is 0 Å². The number of anilines is 1. The molecule has 0 amide bonds. The number of rotatable bonds is 2. The summed E-state index contributed by atoms with van der Waals surface area (Å²) in [7, 11) is -9.14. The van der Waals surface area contributed by atoms with Crippen molar-refractivity contribution in [3.05, 3.63) is 24.3 Å². The Balaban J connectivity index is -0.00000110. The van der Waals surface area contributed by atoms with Gasteiger partial charge >= 0.3 is 0 Å². The predicted octanol–water partition coefficient (Wildman–Crippen LogP) is -0.902. The van der Waals surface area contributed by atoms with Gasteiger partial charge in [-0.25, -0.2) is 0 Å². The van der Waals surface area contributed by atoms with Crippen molar-refractivity contribution in [2.45, 2.75) is 9.79 Å². The van der Waals surface area contributed by atoms with Gasteiger partial charge in [-0.3, -0.25) is 9.11 Å². The summed E-state index contributed by atoms with van der Waals surface area (Å²) < 4.78 is 62.1. The van der Waals surface area contributed by atoms with Gasteiger partial charge in [0, 0.05) is 135 Å². The van der Waals surface area contributed by atoms with Crippen LogP contribution in [0.5, 0.6) is 5.75 Å². The number of aromatic hydroxyl groups is 1. The van der Waals surface area contributed by atoms with Crippen LogP contribution < -0.4 is 5.73 Å². The van der Waals surface area contributed by atoms with Gasteiger partial charge < -0.3 is 10.8 Å². The van der Waals surface area contributed by atoms with Crippen molar-refractivity contribution in [2.75, 3.05) is 5.73 Å². The van der Waals surface area contributed by atoms with Crippen molar-refractivity contribution in [1.82, 2.24) is 0 Å². The summed E-state index contributed by atoms with van der Waals surface area (Å²) in [5.41, 5.74) is 5.39. The molecule has 0 saturated heterocycles. The van der Waals surface area contributed by atoms with Crippen molar-refractivity contribution in [3.63, 3.8) is 0 Å². The third-order valence-electron chi connectivity index (χ3n) is 2.60. The monoisotopic (exact) mass is 411 g/mol. The predicted molar refractivity (Wildman–Crippen MR) is 92.7 cm³/mol. The third kappa shape index (κ3) is 7.27. The smallest absolute Gasteiger partial charge is 0.294 e. The van der Waals surface area contributed by atoms with Crippen molar-refractivity contribution in [1.29, 1.82) is 0 Å². The molecule has 24 heavy (non-hydrogen) atoms. The Morgan fingerprint density at radius 2 is 1.12 bits per heavy atom. The molecule has 4 radical (unpaired) electrons. The standard InChI is InChI=1S/C10H9NO7S2.4Na/c11-8-3-6(19(13,14)15)1-5-2-7(20(16,17)18)4-9(12)10(5)8;;;;/h1-4,12H,11H2,(H,13,14,15)(H,16,17,18);;;;. The van der Waals surface area contributed by atoms with Crippen LogP contribution in [-0.4, -0.2) is 149 Å². The van der Waals surface area contributed by atoms with Crippen molar-refractivity contribution < 1.29 is 31.0 Å². The maximum atomic E-state index is 11.1. The summed E-state index contributed by atoms with van der Waals surface area (Å²) in [6.45, 7) is 0. The van der Waals surface area contributed by atoms with Gasteiger partial charge in [0.1, 0.15) is 5.75 Å². The molecule has 2 aromatic rings. The minimum absolute atomic E-state index is 0. The van der Waals surface area contributed by atoms with Crippen molar-refractivity contribution >= 4 is 155 Å². The molecule has 0 aliphatic rings. The van der Waals surface area contributed by atoms with Gasteiger partial charge in [0.15, 0.2) is 0 Å². The summed E-state index contributed by atoms with van der Waals surface area (Å²) in [5, 5.41) is 9.66. The summed E-state index contributed by atoms with van der Waals surface area (Å²) in [5.74, 6) is -0.547. The summed E-state index contributed by atoms with van der Waals surface area (Å²) in [6, 6.07) is 3.55. The summed E-state index contributed by atoms with van der Waals surface area (Å²) in [6.07, 6.45) is 0. The Bertz CT molecular complexity index is 859. The number of hydrogen-bond donors (Lipinski definition) is 4. The Kier molecular flexibility index (Phi) is 14.4.